The van der Waals surface area contributed by atoms with Crippen LogP contribution in [-0.2, 0) is 4.79 Å². The Hall–Kier alpha value is -3.26. The quantitative estimate of drug-likeness (QED) is 0.503. The van der Waals surface area contributed by atoms with E-state index in [0.717, 1.165) is 6.42 Å². The summed E-state index contributed by atoms with van der Waals surface area (Å²) < 4.78 is 5.15. The highest BCUT2D eigenvalue weighted by atomic mass is 35.5. The van der Waals surface area contributed by atoms with Crippen molar-refractivity contribution in [1.29, 1.82) is 0 Å². The van der Waals surface area contributed by atoms with Gasteiger partial charge in [0.05, 0.1) is 7.11 Å². The number of nitrogens with one attached hydrogen (secondary N) is 3. The van der Waals surface area contributed by atoms with Crippen LogP contribution in [0.25, 0.3) is 0 Å². The van der Waals surface area contributed by atoms with Crippen LogP contribution in [0.2, 0.25) is 5.02 Å². The predicted molar refractivity (Wildman–Crippen MR) is 137 cm³/mol. The summed E-state index contributed by atoms with van der Waals surface area (Å²) in [7, 11) is 1.56. The van der Waals surface area contributed by atoms with Crippen molar-refractivity contribution in [2.24, 2.45) is 5.92 Å². The Morgan fingerprint density at radius 3 is 2.37 bits per heavy atom. The number of methoxy groups -OCH3 is 1. The second kappa shape index (κ2) is 12.4. The molecule has 2 atom stereocenters. The van der Waals surface area contributed by atoms with Crippen LogP contribution in [0.3, 0.4) is 0 Å². The topological polar surface area (TPSA) is 99.8 Å². The first-order valence-corrected chi connectivity index (χ1v) is 12.2. The molecule has 3 N–H and O–H groups in total. The highest BCUT2D eigenvalue weighted by Crippen LogP contribution is 2.23. The maximum atomic E-state index is 13.1. The Labute approximate surface area is 211 Å². The fourth-order valence-electron chi connectivity index (χ4n) is 4.00. The van der Waals surface area contributed by atoms with Crippen LogP contribution in [0.15, 0.2) is 48.5 Å². The van der Waals surface area contributed by atoms with Crippen molar-refractivity contribution in [2.45, 2.75) is 45.2 Å². The lowest BCUT2D eigenvalue weighted by Crippen LogP contribution is -2.55. The van der Waals surface area contributed by atoms with Crippen molar-refractivity contribution in [3.8, 4) is 5.75 Å². The number of carbonyl (C=O) groups is 3. The molecular formula is C26H33ClN4O4. The summed E-state index contributed by atoms with van der Waals surface area (Å²) in [6.45, 7) is 4.88. The van der Waals surface area contributed by atoms with Gasteiger partial charge in [-0.3, -0.25) is 9.59 Å². The molecule has 0 saturated carbocycles. The molecule has 1 heterocycles. The van der Waals surface area contributed by atoms with Gasteiger partial charge in [-0.25, -0.2) is 4.79 Å². The number of urea groups is 1. The second-order valence-electron chi connectivity index (χ2n) is 8.76. The standard InChI is InChI=1S/C26H33ClN4O4/c1-4-17(2)28-25(33)23(30-24(32)19-8-10-22(35-3)11-9-19)18-12-14-31(15-13-18)26(34)29-21-7-5-6-20(27)16-21/h5-11,16-18,23H,4,12-15H2,1-3H3,(H,28,33)(H,29,34)(H,30,32)/t17-,23+/m0/s1. The van der Waals surface area contributed by atoms with E-state index >= 15 is 0 Å². The van der Waals surface area contributed by atoms with Gasteiger partial charge in [-0.1, -0.05) is 24.6 Å². The monoisotopic (exact) mass is 500 g/mol. The molecule has 9 heteroatoms. The average molecular weight is 501 g/mol. The zero-order valence-electron chi connectivity index (χ0n) is 20.3. The summed E-state index contributed by atoms with van der Waals surface area (Å²) in [5, 5.41) is 9.33. The molecule has 0 unspecified atom stereocenters. The molecule has 35 heavy (non-hydrogen) atoms. The van der Waals surface area contributed by atoms with Crippen molar-refractivity contribution >= 4 is 35.1 Å². The number of hydrogen-bond donors (Lipinski definition) is 3. The predicted octanol–water partition coefficient (Wildman–Crippen LogP) is 4.31. The number of nitrogens with zero attached hydrogens (tertiary/aromatic N) is 1. The summed E-state index contributed by atoms with van der Waals surface area (Å²) in [5.74, 6) is 0.0219. The van der Waals surface area contributed by atoms with E-state index in [2.05, 4.69) is 16.0 Å². The Morgan fingerprint density at radius 1 is 1.09 bits per heavy atom. The minimum absolute atomic E-state index is 0.00792. The van der Waals surface area contributed by atoms with E-state index in [1.165, 1.54) is 0 Å². The molecule has 0 aromatic heterocycles. The Bertz CT molecular complexity index is 1020. The third kappa shape index (κ3) is 7.36. The van der Waals surface area contributed by atoms with E-state index in [-0.39, 0.29) is 29.8 Å². The number of amides is 4. The van der Waals surface area contributed by atoms with Gasteiger partial charge in [0.2, 0.25) is 5.91 Å². The lowest BCUT2D eigenvalue weighted by Gasteiger charge is -2.36. The molecular weight excluding hydrogens is 468 g/mol. The van der Waals surface area contributed by atoms with Crippen LogP contribution < -0.4 is 20.7 Å². The first kappa shape index (κ1) is 26.3. The number of carbonyl (C=O) groups excluding carboxylic acids is 3. The molecule has 0 aliphatic carbocycles. The van der Waals surface area contributed by atoms with Crippen molar-refractivity contribution in [3.05, 3.63) is 59.1 Å². The number of anilines is 1. The molecule has 1 saturated heterocycles. The minimum atomic E-state index is -0.697. The summed E-state index contributed by atoms with van der Waals surface area (Å²) >= 11 is 6.00. The fraction of sp³-hybridized carbons (Fsp3) is 0.423. The summed E-state index contributed by atoms with van der Waals surface area (Å²) in [6, 6.07) is 12.8. The van der Waals surface area contributed by atoms with Crippen LogP contribution in [0.5, 0.6) is 5.75 Å². The van der Waals surface area contributed by atoms with Gasteiger partial charge in [0, 0.05) is 35.4 Å². The highest BCUT2D eigenvalue weighted by molar-refractivity contribution is 6.30. The zero-order chi connectivity index (χ0) is 25.4. The molecule has 1 fully saturated rings. The molecule has 1 aliphatic rings. The van der Waals surface area contributed by atoms with Crippen molar-refractivity contribution < 1.29 is 19.1 Å². The molecule has 0 radical (unpaired) electrons. The molecule has 1 aliphatic heterocycles. The lowest BCUT2D eigenvalue weighted by molar-refractivity contribution is -0.125. The fourth-order valence-corrected chi connectivity index (χ4v) is 4.19. The van der Waals surface area contributed by atoms with Crippen LogP contribution in [0, 0.1) is 5.92 Å². The van der Waals surface area contributed by atoms with Gasteiger partial charge in [0.15, 0.2) is 0 Å². The van der Waals surface area contributed by atoms with Crippen LogP contribution in [0.4, 0.5) is 10.5 Å². The molecule has 0 bridgehead atoms. The van der Waals surface area contributed by atoms with Gasteiger partial charge in [0.1, 0.15) is 11.8 Å². The number of likely N-dealkylation sites (tertiary alicyclic amines) is 1. The molecule has 0 spiro atoms. The van der Waals surface area contributed by atoms with E-state index in [9.17, 15) is 14.4 Å². The average Bonchev–Trinajstić information content (AvgIpc) is 2.87. The van der Waals surface area contributed by atoms with Crippen LogP contribution >= 0.6 is 11.6 Å². The largest absolute Gasteiger partial charge is 0.497 e. The van der Waals surface area contributed by atoms with Gasteiger partial charge in [-0.05, 0) is 74.6 Å². The lowest BCUT2D eigenvalue weighted by atomic mass is 9.88. The first-order valence-electron chi connectivity index (χ1n) is 11.9. The third-order valence-corrected chi connectivity index (χ3v) is 6.53. The number of ether oxygens (including phenoxy) is 1. The smallest absolute Gasteiger partial charge is 0.321 e. The van der Waals surface area contributed by atoms with Crippen LogP contribution in [-0.4, -0.2) is 55.0 Å². The van der Waals surface area contributed by atoms with E-state index in [1.54, 1.807) is 60.5 Å². The normalized spacial score (nSPS) is 15.6. The maximum absolute atomic E-state index is 13.1. The molecule has 4 amide bonds. The zero-order valence-corrected chi connectivity index (χ0v) is 21.1. The van der Waals surface area contributed by atoms with Crippen LogP contribution in [0.1, 0.15) is 43.5 Å². The summed E-state index contributed by atoms with van der Waals surface area (Å²) in [6.07, 6.45) is 1.96. The summed E-state index contributed by atoms with van der Waals surface area (Å²) in [5.41, 5.74) is 1.08. The number of hydrogen-bond acceptors (Lipinski definition) is 4. The van der Waals surface area contributed by atoms with Gasteiger partial charge < -0.3 is 25.6 Å². The number of rotatable bonds is 8. The van der Waals surface area contributed by atoms with Crippen molar-refractivity contribution in [1.82, 2.24) is 15.5 Å². The van der Waals surface area contributed by atoms with Gasteiger partial charge in [-0.15, -0.1) is 0 Å². The SMILES string of the molecule is CC[C@H](C)NC(=O)[C@H](NC(=O)c1ccc(OC)cc1)C1CCN(C(=O)Nc2cccc(Cl)c2)CC1. The Morgan fingerprint density at radius 2 is 1.77 bits per heavy atom. The molecule has 2 aromatic carbocycles. The number of piperidine rings is 1. The number of halogens is 1. The van der Waals surface area contributed by atoms with E-state index in [1.807, 2.05) is 13.8 Å². The Balaban J connectivity index is 1.65. The third-order valence-electron chi connectivity index (χ3n) is 6.30. The van der Waals surface area contributed by atoms with E-state index < -0.39 is 6.04 Å². The Kier molecular flexibility index (Phi) is 9.37. The molecule has 188 valence electrons. The first-order chi connectivity index (χ1) is 16.8. The molecule has 2 aromatic rings. The molecule has 8 nitrogen and oxygen atoms in total. The van der Waals surface area contributed by atoms with E-state index in [0.29, 0.717) is 48.0 Å². The maximum Gasteiger partial charge on any atom is 0.321 e. The number of benzene rings is 2. The van der Waals surface area contributed by atoms with Gasteiger partial charge in [-0.2, -0.15) is 0 Å². The molecule has 3 rings (SSSR count). The van der Waals surface area contributed by atoms with Gasteiger partial charge >= 0.3 is 6.03 Å². The summed E-state index contributed by atoms with van der Waals surface area (Å²) in [4.78, 5) is 40.5. The van der Waals surface area contributed by atoms with Crippen molar-refractivity contribution in [3.63, 3.8) is 0 Å². The van der Waals surface area contributed by atoms with Gasteiger partial charge in [0.25, 0.3) is 5.91 Å². The van der Waals surface area contributed by atoms with E-state index in [4.69, 9.17) is 16.3 Å². The highest BCUT2D eigenvalue weighted by Gasteiger charge is 2.34. The second-order valence-corrected chi connectivity index (χ2v) is 9.20. The van der Waals surface area contributed by atoms with Crippen molar-refractivity contribution in [2.75, 3.05) is 25.5 Å². The minimum Gasteiger partial charge on any atom is -0.497 e.